The van der Waals surface area contributed by atoms with Crippen LogP contribution in [0.5, 0.6) is 0 Å². The van der Waals surface area contributed by atoms with Gasteiger partial charge in [0.1, 0.15) is 0 Å². The zero-order valence-corrected chi connectivity index (χ0v) is 20.8. The quantitative estimate of drug-likeness (QED) is 0.208. The lowest BCUT2D eigenvalue weighted by Gasteiger charge is -2.46. The molecule has 0 aromatic heterocycles. The van der Waals surface area contributed by atoms with Crippen molar-refractivity contribution in [1.29, 1.82) is 0 Å². The van der Waals surface area contributed by atoms with E-state index < -0.39 is 5.54 Å². The van der Waals surface area contributed by atoms with E-state index in [4.69, 9.17) is 16.2 Å². The van der Waals surface area contributed by atoms with Crippen molar-refractivity contribution in [3.8, 4) is 0 Å². The molecule has 1 aliphatic rings. The standard InChI is InChI=1S/C26H50N2O2/c1-7-8-9-10-11-12-13-14-15-16-23(29)30-20-25(4,5)17-21-22(27)18-24(2,3)19-26(21,6)28/h17,22H,7-16,18-20,27-28H2,1-6H3. The normalized spacial score (nSPS) is 25.5. The van der Waals surface area contributed by atoms with Gasteiger partial charge in [-0.2, -0.15) is 0 Å². The van der Waals surface area contributed by atoms with Crippen LogP contribution in [-0.4, -0.2) is 24.2 Å². The van der Waals surface area contributed by atoms with Crippen LogP contribution >= 0.6 is 0 Å². The second kappa shape index (κ2) is 12.2. The van der Waals surface area contributed by atoms with Crippen LogP contribution in [0.15, 0.2) is 11.6 Å². The summed E-state index contributed by atoms with van der Waals surface area (Å²) in [6, 6.07) is -0.0410. The van der Waals surface area contributed by atoms with Crippen molar-refractivity contribution in [3.05, 3.63) is 11.6 Å². The molecule has 1 saturated carbocycles. The zero-order valence-electron chi connectivity index (χ0n) is 20.8. The summed E-state index contributed by atoms with van der Waals surface area (Å²) in [6.07, 6.45) is 15.8. The molecule has 0 aliphatic heterocycles. The lowest BCUT2D eigenvalue weighted by atomic mass is 9.63. The van der Waals surface area contributed by atoms with Crippen LogP contribution in [0, 0.1) is 10.8 Å². The number of nitrogens with two attached hydrogens (primary N) is 2. The Hall–Kier alpha value is -0.870. The maximum Gasteiger partial charge on any atom is 0.305 e. The summed E-state index contributed by atoms with van der Waals surface area (Å²) in [5, 5.41) is 0. The van der Waals surface area contributed by atoms with Crippen LogP contribution < -0.4 is 11.5 Å². The first-order valence-corrected chi connectivity index (χ1v) is 12.3. The van der Waals surface area contributed by atoms with Gasteiger partial charge in [0.05, 0.1) is 6.61 Å². The first-order valence-electron chi connectivity index (χ1n) is 12.3. The molecule has 4 nitrogen and oxygen atoms in total. The Morgan fingerprint density at radius 2 is 1.60 bits per heavy atom. The summed E-state index contributed by atoms with van der Waals surface area (Å²) < 4.78 is 5.60. The van der Waals surface area contributed by atoms with Crippen LogP contribution in [0.4, 0.5) is 0 Å². The van der Waals surface area contributed by atoms with E-state index in [0.29, 0.717) is 13.0 Å². The van der Waals surface area contributed by atoms with E-state index in [9.17, 15) is 4.79 Å². The molecule has 0 saturated heterocycles. The third-order valence-corrected chi connectivity index (χ3v) is 6.31. The zero-order chi connectivity index (χ0) is 22.8. The highest BCUT2D eigenvalue weighted by Gasteiger charge is 2.42. The number of esters is 1. The van der Waals surface area contributed by atoms with E-state index in [2.05, 4.69) is 47.6 Å². The van der Waals surface area contributed by atoms with E-state index in [1.54, 1.807) is 0 Å². The first kappa shape index (κ1) is 27.2. The second-order valence-corrected chi connectivity index (χ2v) is 11.4. The lowest BCUT2D eigenvalue weighted by molar-refractivity contribution is -0.146. The van der Waals surface area contributed by atoms with Crippen molar-refractivity contribution in [3.63, 3.8) is 0 Å². The Labute approximate surface area is 186 Å². The largest absolute Gasteiger partial charge is 0.465 e. The summed E-state index contributed by atoms with van der Waals surface area (Å²) in [6.45, 7) is 13.3. The fourth-order valence-electron chi connectivity index (χ4n) is 4.95. The number of carbonyl (C=O) groups is 1. The van der Waals surface area contributed by atoms with E-state index in [-0.39, 0.29) is 22.8 Å². The number of unbranched alkanes of at least 4 members (excludes halogenated alkanes) is 8. The van der Waals surface area contributed by atoms with Gasteiger partial charge in [-0.25, -0.2) is 0 Å². The molecule has 0 bridgehead atoms. The van der Waals surface area contributed by atoms with Gasteiger partial charge in [-0.1, -0.05) is 92.1 Å². The molecule has 0 amide bonds. The summed E-state index contributed by atoms with van der Waals surface area (Å²) in [5.74, 6) is -0.0889. The predicted octanol–water partition coefficient (Wildman–Crippen LogP) is 6.27. The summed E-state index contributed by atoms with van der Waals surface area (Å²) >= 11 is 0. The fourth-order valence-corrected chi connectivity index (χ4v) is 4.95. The van der Waals surface area contributed by atoms with Gasteiger partial charge >= 0.3 is 5.97 Å². The van der Waals surface area contributed by atoms with Gasteiger partial charge in [0.2, 0.25) is 0 Å². The van der Waals surface area contributed by atoms with Gasteiger partial charge in [-0.3, -0.25) is 4.79 Å². The van der Waals surface area contributed by atoms with Crippen LogP contribution in [0.3, 0.4) is 0 Å². The molecule has 176 valence electrons. The number of carbonyl (C=O) groups excluding carboxylic acids is 1. The van der Waals surface area contributed by atoms with E-state index in [0.717, 1.165) is 31.3 Å². The minimum atomic E-state index is -0.418. The molecule has 1 rings (SSSR count). The van der Waals surface area contributed by atoms with Crippen LogP contribution in [-0.2, 0) is 9.53 Å². The van der Waals surface area contributed by atoms with Gasteiger partial charge in [-0.05, 0) is 37.2 Å². The molecule has 2 atom stereocenters. The molecule has 2 unspecified atom stereocenters. The number of ether oxygens (including phenoxy) is 1. The molecule has 1 aliphatic carbocycles. The Morgan fingerprint density at radius 1 is 1.07 bits per heavy atom. The number of hydrogen-bond acceptors (Lipinski definition) is 4. The van der Waals surface area contributed by atoms with Gasteiger partial charge in [0, 0.05) is 23.4 Å². The van der Waals surface area contributed by atoms with Crippen molar-refractivity contribution in [1.82, 2.24) is 0 Å². The van der Waals surface area contributed by atoms with E-state index >= 15 is 0 Å². The highest BCUT2D eigenvalue weighted by molar-refractivity contribution is 5.69. The van der Waals surface area contributed by atoms with Crippen molar-refractivity contribution in [2.75, 3.05) is 6.61 Å². The Balaban J connectivity index is 2.35. The van der Waals surface area contributed by atoms with Crippen LogP contribution in [0.2, 0.25) is 0 Å². The van der Waals surface area contributed by atoms with Gasteiger partial charge in [0.15, 0.2) is 0 Å². The molecule has 0 aromatic rings. The van der Waals surface area contributed by atoms with E-state index in [1.807, 2.05) is 0 Å². The SMILES string of the molecule is CCCCCCCCCCCC(=O)OCC(C)(C)C=C1C(N)CC(C)(C)CC1(C)N. The van der Waals surface area contributed by atoms with Gasteiger partial charge < -0.3 is 16.2 Å². The average Bonchev–Trinajstić information content (AvgIpc) is 2.61. The van der Waals surface area contributed by atoms with E-state index in [1.165, 1.54) is 44.9 Å². The first-order chi connectivity index (χ1) is 13.9. The maximum absolute atomic E-state index is 12.2. The molecule has 0 aromatic carbocycles. The second-order valence-electron chi connectivity index (χ2n) is 11.4. The topological polar surface area (TPSA) is 78.3 Å². The smallest absolute Gasteiger partial charge is 0.305 e. The minimum Gasteiger partial charge on any atom is -0.465 e. The van der Waals surface area contributed by atoms with Gasteiger partial charge in [-0.15, -0.1) is 0 Å². The van der Waals surface area contributed by atoms with Crippen molar-refractivity contribution >= 4 is 5.97 Å². The van der Waals surface area contributed by atoms with Crippen LogP contribution in [0.25, 0.3) is 0 Å². The van der Waals surface area contributed by atoms with Crippen molar-refractivity contribution < 1.29 is 9.53 Å². The van der Waals surface area contributed by atoms with Crippen molar-refractivity contribution in [2.24, 2.45) is 22.3 Å². The number of rotatable bonds is 13. The molecule has 4 heteroatoms. The lowest BCUT2D eigenvalue weighted by Crippen LogP contribution is -2.54. The number of hydrogen-bond donors (Lipinski definition) is 2. The Morgan fingerprint density at radius 3 is 2.13 bits per heavy atom. The predicted molar refractivity (Wildman–Crippen MR) is 128 cm³/mol. The molecular weight excluding hydrogens is 372 g/mol. The van der Waals surface area contributed by atoms with Crippen LogP contribution in [0.1, 0.15) is 119 Å². The Kier molecular flexibility index (Phi) is 11.1. The maximum atomic E-state index is 12.2. The van der Waals surface area contributed by atoms with Gasteiger partial charge in [0.25, 0.3) is 0 Å². The fraction of sp³-hybridized carbons (Fsp3) is 0.885. The molecule has 1 fully saturated rings. The molecule has 4 N–H and O–H groups in total. The third kappa shape index (κ3) is 10.4. The molecular formula is C26H50N2O2. The third-order valence-electron chi connectivity index (χ3n) is 6.31. The van der Waals surface area contributed by atoms with Crippen molar-refractivity contribution in [2.45, 2.75) is 130 Å². The highest BCUT2D eigenvalue weighted by atomic mass is 16.5. The highest BCUT2D eigenvalue weighted by Crippen LogP contribution is 2.43. The average molecular weight is 423 g/mol. The molecule has 0 radical (unpaired) electrons. The minimum absolute atomic E-state index is 0.0410. The summed E-state index contributed by atoms with van der Waals surface area (Å²) in [5.41, 5.74) is 13.7. The molecule has 30 heavy (non-hydrogen) atoms. The summed E-state index contributed by atoms with van der Waals surface area (Å²) in [7, 11) is 0. The molecule has 0 heterocycles. The summed E-state index contributed by atoms with van der Waals surface area (Å²) in [4.78, 5) is 12.2. The Bertz CT molecular complexity index is 549. The molecule has 0 spiro atoms. The monoisotopic (exact) mass is 422 g/mol.